The summed E-state index contributed by atoms with van der Waals surface area (Å²) in [4.78, 5) is 2.16. The first-order valence-electron chi connectivity index (χ1n) is 7.71. The smallest absolute Gasteiger partial charge is 0.128 e. The highest BCUT2D eigenvalue weighted by Gasteiger charge is 2.30. The number of nitrogens with zero attached hydrogens (tertiary/aromatic N) is 1. The summed E-state index contributed by atoms with van der Waals surface area (Å²) in [5.74, 6) is 1.43. The molecule has 1 aliphatic heterocycles. The lowest BCUT2D eigenvalue weighted by atomic mass is 10.0. The summed E-state index contributed by atoms with van der Waals surface area (Å²) in [6.45, 7) is 2.27. The predicted molar refractivity (Wildman–Crippen MR) is 87.1 cm³/mol. The Morgan fingerprint density at radius 2 is 1.91 bits per heavy atom. The molecule has 4 nitrogen and oxygen atoms in total. The van der Waals surface area contributed by atoms with Crippen LogP contribution in [0.4, 0.5) is 4.39 Å². The minimum Gasteiger partial charge on any atom is -0.497 e. The van der Waals surface area contributed by atoms with Crippen LogP contribution in [0.1, 0.15) is 17.2 Å². The Bertz CT molecular complexity index is 661. The number of methoxy groups -OCH3 is 1. The molecule has 2 aromatic carbocycles. The van der Waals surface area contributed by atoms with Crippen LogP contribution in [-0.2, 0) is 6.54 Å². The second-order valence-corrected chi connectivity index (χ2v) is 5.55. The zero-order chi connectivity index (χ0) is 16.2. The number of halogens is 1. The monoisotopic (exact) mass is 316 g/mol. The lowest BCUT2D eigenvalue weighted by Crippen LogP contribution is -2.31. The van der Waals surface area contributed by atoms with Crippen LogP contribution in [0.5, 0.6) is 11.5 Å². The van der Waals surface area contributed by atoms with Gasteiger partial charge < -0.3 is 15.2 Å². The fraction of sp³-hybridized carbons (Fsp3) is 0.333. The number of hydrogen-bond acceptors (Lipinski definition) is 4. The number of benzene rings is 2. The van der Waals surface area contributed by atoms with Crippen LogP contribution in [0, 0.1) is 5.82 Å². The van der Waals surface area contributed by atoms with Crippen molar-refractivity contribution in [3.05, 3.63) is 59.4 Å². The first-order valence-corrected chi connectivity index (χ1v) is 7.71. The average molecular weight is 316 g/mol. The molecule has 0 bridgehead atoms. The second kappa shape index (κ2) is 6.98. The molecule has 3 rings (SSSR count). The molecule has 1 unspecified atom stereocenters. The summed E-state index contributed by atoms with van der Waals surface area (Å²) in [6.07, 6.45) is 0. The van der Waals surface area contributed by atoms with E-state index in [9.17, 15) is 4.39 Å². The highest BCUT2D eigenvalue weighted by molar-refractivity contribution is 5.35. The predicted octanol–water partition coefficient (Wildman–Crippen LogP) is 2.73. The van der Waals surface area contributed by atoms with E-state index in [1.54, 1.807) is 13.2 Å². The van der Waals surface area contributed by atoms with Gasteiger partial charge in [-0.3, -0.25) is 4.90 Å². The van der Waals surface area contributed by atoms with Crippen LogP contribution < -0.4 is 15.2 Å². The lowest BCUT2D eigenvalue weighted by Gasteiger charge is -2.23. The Morgan fingerprint density at radius 1 is 1.17 bits per heavy atom. The Labute approximate surface area is 135 Å². The molecule has 0 amide bonds. The molecule has 0 aliphatic carbocycles. The molecular formula is C18H21FN2O2. The maximum Gasteiger partial charge on any atom is 0.128 e. The van der Waals surface area contributed by atoms with Crippen molar-refractivity contribution in [1.29, 1.82) is 0 Å². The number of hydrogen-bond donors (Lipinski definition) is 1. The van der Waals surface area contributed by atoms with Crippen LogP contribution in [0.3, 0.4) is 0 Å². The van der Waals surface area contributed by atoms with Crippen molar-refractivity contribution >= 4 is 0 Å². The van der Waals surface area contributed by atoms with Gasteiger partial charge in [0.05, 0.1) is 7.11 Å². The minimum absolute atomic E-state index is 0.0557. The number of fused-ring (bicyclic) bond motifs is 1. The van der Waals surface area contributed by atoms with Gasteiger partial charge in [-0.25, -0.2) is 4.39 Å². The molecule has 23 heavy (non-hydrogen) atoms. The number of rotatable bonds is 6. The van der Waals surface area contributed by atoms with Crippen molar-refractivity contribution in [2.75, 3.05) is 26.8 Å². The summed E-state index contributed by atoms with van der Waals surface area (Å²) < 4.78 is 24.8. The lowest BCUT2D eigenvalue weighted by molar-refractivity contribution is 0.173. The first-order chi connectivity index (χ1) is 11.2. The van der Waals surface area contributed by atoms with Gasteiger partial charge in [-0.15, -0.1) is 0 Å². The fourth-order valence-electron chi connectivity index (χ4n) is 3.03. The maximum absolute atomic E-state index is 13.9. The Morgan fingerprint density at radius 3 is 2.61 bits per heavy atom. The van der Waals surface area contributed by atoms with E-state index >= 15 is 0 Å². The zero-order valence-corrected chi connectivity index (χ0v) is 13.2. The second-order valence-electron chi connectivity index (χ2n) is 5.55. The Kier molecular flexibility index (Phi) is 4.79. The highest BCUT2D eigenvalue weighted by atomic mass is 19.1. The molecule has 1 heterocycles. The van der Waals surface area contributed by atoms with Gasteiger partial charge in [0.25, 0.3) is 0 Å². The van der Waals surface area contributed by atoms with Gasteiger partial charge in [0, 0.05) is 31.2 Å². The normalized spacial score (nSPS) is 17.1. The molecule has 5 heteroatoms. The van der Waals surface area contributed by atoms with Crippen molar-refractivity contribution in [3.8, 4) is 11.5 Å². The van der Waals surface area contributed by atoms with E-state index in [1.165, 1.54) is 6.07 Å². The van der Waals surface area contributed by atoms with Crippen LogP contribution in [-0.4, -0.2) is 31.7 Å². The van der Waals surface area contributed by atoms with Crippen LogP contribution in [0.25, 0.3) is 0 Å². The molecule has 2 N–H and O–H groups in total. The van der Waals surface area contributed by atoms with Crippen molar-refractivity contribution in [3.63, 3.8) is 0 Å². The number of nitrogens with two attached hydrogens (primary N) is 1. The van der Waals surface area contributed by atoms with Gasteiger partial charge in [0.15, 0.2) is 0 Å². The molecule has 0 spiro atoms. The zero-order valence-electron chi connectivity index (χ0n) is 13.2. The van der Waals surface area contributed by atoms with Gasteiger partial charge in [0.1, 0.15) is 23.9 Å². The third-order valence-corrected chi connectivity index (χ3v) is 4.25. The van der Waals surface area contributed by atoms with Crippen molar-refractivity contribution in [2.24, 2.45) is 5.73 Å². The average Bonchev–Trinajstić information content (AvgIpc) is 2.94. The topological polar surface area (TPSA) is 47.7 Å². The summed E-state index contributed by atoms with van der Waals surface area (Å²) in [6, 6.07) is 12.7. The van der Waals surface area contributed by atoms with Crippen LogP contribution in [0.15, 0.2) is 42.5 Å². The van der Waals surface area contributed by atoms with Gasteiger partial charge in [0.2, 0.25) is 0 Å². The summed E-state index contributed by atoms with van der Waals surface area (Å²) in [5, 5.41) is 0. The SMILES string of the molecule is COc1ccc(OCCN2Cc3c(F)cccc3C2CN)cc1. The standard InChI is InChI=1S/C18H21FN2O2/c1-22-13-5-7-14(8-6-13)23-10-9-21-12-16-15(18(21)11-20)3-2-4-17(16)19/h2-8,18H,9-12,20H2,1H3. The van der Waals surface area contributed by atoms with Crippen molar-refractivity contribution in [2.45, 2.75) is 12.6 Å². The van der Waals surface area contributed by atoms with Gasteiger partial charge in [-0.2, -0.15) is 0 Å². The molecule has 0 saturated heterocycles. The van der Waals surface area contributed by atoms with E-state index in [4.69, 9.17) is 15.2 Å². The highest BCUT2D eigenvalue weighted by Crippen LogP contribution is 2.34. The molecule has 2 aromatic rings. The van der Waals surface area contributed by atoms with Crippen molar-refractivity contribution in [1.82, 2.24) is 4.90 Å². The van der Waals surface area contributed by atoms with E-state index < -0.39 is 0 Å². The molecule has 0 fully saturated rings. The van der Waals surface area contributed by atoms with Crippen LogP contribution >= 0.6 is 0 Å². The van der Waals surface area contributed by atoms with Crippen LogP contribution in [0.2, 0.25) is 0 Å². The van der Waals surface area contributed by atoms with Gasteiger partial charge in [-0.1, -0.05) is 12.1 Å². The molecule has 122 valence electrons. The molecule has 0 saturated carbocycles. The quantitative estimate of drug-likeness (QED) is 0.890. The van der Waals surface area contributed by atoms with E-state index in [0.717, 1.165) is 22.6 Å². The molecule has 1 atom stereocenters. The summed E-state index contributed by atoms with van der Waals surface area (Å²) in [5.41, 5.74) is 7.64. The summed E-state index contributed by atoms with van der Waals surface area (Å²) in [7, 11) is 1.63. The van der Waals surface area contributed by atoms with Crippen molar-refractivity contribution < 1.29 is 13.9 Å². The molecule has 0 aromatic heterocycles. The molecule has 0 radical (unpaired) electrons. The first kappa shape index (κ1) is 15.8. The minimum atomic E-state index is -0.153. The molecule has 1 aliphatic rings. The van der Waals surface area contributed by atoms with E-state index in [0.29, 0.717) is 26.2 Å². The molecular weight excluding hydrogens is 295 g/mol. The Balaban J connectivity index is 1.59. The maximum atomic E-state index is 13.9. The third-order valence-electron chi connectivity index (χ3n) is 4.25. The fourth-order valence-corrected chi connectivity index (χ4v) is 3.03. The summed E-state index contributed by atoms with van der Waals surface area (Å²) >= 11 is 0. The van der Waals surface area contributed by atoms with E-state index in [1.807, 2.05) is 30.3 Å². The van der Waals surface area contributed by atoms with Gasteiger partial charge in [-0.05, 0) is 35.9 Å². The number of ether oxygens (including phenoxy) is 2. The van der Waals surface area contributed by atoms with E-state index in [-0.39, 0.29) is 11.9 Å². The van der Waals surface area contributed by atoms with Gasteiger partial charge >= 0.3 is 0 Å². The third kappa shape index (κ3) is 3.30. The van der Waals surface area contributed by atoms with E-state index in [2.05, 4.69) is 4.90 Å². The Hall–Kier alpha value is -2.11. The largest absolute Gasteiger partial charge is 0.497 e.